The van der Waals surface area contributed by atoms with E-state index in [0.717, 1.165) is 31.8 Å². The van der Waals surface area contributed by atoms with E-state index in [1.807, 2.05) is 4.90 Å². The number of nitrogens with zero attached hydrogens (tertiary/aromatic N) is 2. The first kappa shape index (κ1) is 12.9. The summed E-state index contributed by atoms with van der Waals surface area (Å²) in [4.78, 5) is 18.1. The van der Waals surface area contributed by atoms with Gasteiger partial charge in [0.05, 0.1) is 17.4 Å². The van der Waals surface area contributed by atoms with E-state index in [-0.39, 0.29) is 5.91 Å². The maximum Gasteiger partial charge on any atom is 0.256 e. The van der Waals surface area contributed by atoms with Crippen molar-refractivity contribution in [2.75, 3.05) is 18.8 Å². The summed E-state index contributed by atoms with van der Waals surface area (Å²) < 4.78 is 0. The summed E-state index contributed by atoms with van der Waals surface area (Å²) in [5, 5.41) is 0. The van der Waals surface area contributed by atoms with Crippen molar-refractivity contribution in [2.45, 2.75) is 32.6 Å². The Morgan fingerprint density at radius 3 is 2.83 bits per heavy atom. The number of anilines is 1. The number of likely N-dealkylation sites (tertiary alicyclic amines) is 1. The van der Waals surface area contributed by atoms with Gasteiger partial charge in [-0.15, -0.1) is 0 Å². The summed E-state index contributed by atoms with van der Waals surface area (Å²) >= 11 is 0. The third kappa shape index (κ3) is 2.81. The quantitative estimate of drug-likeness (QED) is 0.891. The number of hydrogen-bond donors (Lipinski definition) is 1. The summed E-state index contributed by atoms with van der Waals surface area (Å²) in [6, 6.07) is 1.70. The van der Waals surface area contributed by atoms with Crippen LogP contribution in [0.25, 0.3) is 0 Å². The van der Waals surface area contributed by atoms with Crippen LogP contribution >= 0.6 is 0 Å². The van der Waals surface area contributed by atoms with E-state index in [2.05, 4.69) is 11.9 Å². The molecule has 0 spiro atoms. The molecule has 98 valence electrons. The topological polar surface area (TPSA) is 59.2 Å². The van der Waals surface area contributed by atoms with Crippen LogP contribution in [0.3, 0.4) is 0 Å². The zero-order valence-corrected chi connectivity index (χ0v) is 10.9. The van der Waals surface area contributed by atoms with Gasteiger partial charge in [0, 0.05) is 19.3 Å². The fraction of sp³-hybridized carbons (Fsp3) is 0.571. The Hall–Kier alpha value is -1.58. The summed E-state index contributed by atoms with van der Waals surface area (Å²) in [6.45, 7) is 3.92. The van der Waals surface area contributed by atoms with Gasteiger partial charge in [-0.1, -0.05) is 19.8 Å². The summed E-state index contributed by atoms with van der Waals surface area (Å²) in [5.41, 5.74) is 6.85. The Bertz CT molecular complexity index is 411. The lowest BCUT2D eigenvalue weighted by Crippen LogP contribution is -2.38. The molecule has 1 aliphatic rings. The molecule has 0 aromatic carbocycles. The van der Waals surface area contributed by atoms with Gasteiger partial charge in [-0.2, -0.15) is 0 Å². The van der Waals surface area contributed by atoms with Crippen LogP contribution in [0.1, 0.15) is 43.0 Å². The second-order valence-electron chi connectivity index (χ2n) is 4.99. The molecule has 2 heterocycles. The number of pyridine rings is 1. The Labute approximate surface area is 108 Å². The van der Waals surface area contributed by atoms with Gasteiger partial charge in [0.15, 0.2) is 0 Å². The fourth-order valence-corrected chi connectivity index (χ4v) is 2.60. The van der Waals surface area contributed by atoms with Gasteiger partial charge in [-0.05, 0) is 24.8 Å². The fourth-order valence-electron chi connectivity index (χ4n) is 2.60. The maximum absolute atomic E-state index is 12.3. The molecule has 0 saturated carbocycles. The Morgan fingerprint density at radius 1 is 1.50 bits per heavy atom. The molecule has 2 rings (SSSR count). The Balaban J connectivity index is 1.98. The average Bonchev–Trinajstić information content (AvgIpc) is 2.40. The van der Waals surface area contributed by atoms with Crippen molar-refractivity contribution in [1.29, 1.82) is 0 Å². The molecule has 4 nitrogen and oxygen atoms in total. The predicted octanol–water partition coefficient (Wildman–Crippen LogP) is 2.32. The molecule has 4 heteroatoms. The maximum atomic E-state index is 12.3. The number of rotatable bonds is 3. The molecule has 1 aromatic rings. The number of carbonyl (C=O) groups is 1. The summed E-state index contributed by atoms with van der Waals surface area (Å²) in [6.07, 6.45) is 7.90. The Morgan fingerprint density at radius 2 is 2.22 bits per heavy atom. The van der Waals surface area contributed by atoms with Crippen LogP contribution in [0.4, 0.5) is 5.69 Å². The van der Waals surface area contributed by atoms with E-state index in [1.54, 1.807) is 12.3 Å². The van der Waals surface area contributed by atoms with Crippen molar-refractivity contribution < 1.29 is 4.79 Å². The second kappa shape index (κ2) is 5.85. The number of piperidine rings is 1. The molecular formula is C14H21N3O. The molecule has 0 bridgehead atoms. The van der Waals surface area contributed by atoms with Crippen molar-refractivity contribution in [3.8, 4) is 0 Å². The van der Waals surface area contributed by atoms with Gasteiger partial charge in [0.1, 0.15) is 0 Å². The van der Waals surface area contributed by atoms with Crippen molar-refractivity contribution in [3.05, 3.63) is 24.0 Å². The van der Waals surface area contributed by atoms with E-state index in [4.69, 9.17) is 5.73 Å². The molecule has 18 heavy (non-hydrogen) atoms. The molecule has 0 radical (unpaired) electrons. The molecule has 1 aromatic heterocycles. The molecule has 0 unspecified atom stereocenters. The molecule has 1 fully saturated rings. The summed E-state index contributed by atoms with van der Waals surface area (Å²) in [5.74, 6) is 0.832. The largest absolute Gasteiger partial charge is 0.397 e. The van der Waals surface area contributed by atoms with Crippen LogP contribution in [-0.2, 0) is 0 Å². The second-order valence-corrected chi connectivity index (χ2v) is 4.99. The van der Waals surface area contributed by atoms with Gasteiger partial charge < -0.3 is 10.6 Å². The van der Waals surface area contributed by atoms with E-state index < -0.39 is 0 Å². The van der Waals surface area contributed by atoms with Crippen molar-refractivity contribution in [3.63, 3.8) is 0 Å². The zero-order chi connectivity index (χ0) is 13.0. The first-order chi connectivity index (χ1) is 8.72. The van der Waals surface area contributed by atoms with Gasteiger partial charge >= 0.3 is 0 Å². The minimum atomic E-state index is 0.0462. The predicted molar refractivity (Wildman–Crippen MR) is 72.2 cm³/mol. The molecule has 0 atom stereocenters. The van der Waals surface area contributed by atoms with E-state index >= 15 is 0 Å². The van der Waals surface area contributed by atoms with Gasteiger partial charge in [0.2, 0.25) is 0 Å². The molecule has 1 aliphatic heterocycles. The van der Waals surface area contributed by atoms with Crippen LogP contribution in [0.2, 0.25) is 0 Å². The third-order valence-electron chi connectivity index (χ3n) is 3.68. The molecule has 0 aliphatic carbocycles. The van der Waals surface area contributed by atoms with Crippen molar-refractivity contribution in [2.24, 2.45) is 5.92 Å². The summed E-state index contributed by atoms with van der Waals surface area (Å²) in [7, 11) is 0. The smallest absolute Gasteiger partial charge is 0.256 e. The number of carbonyl (C=O) groups excluding carboxylic acids is 1. The Kier molecular flexibility index (Phi) is 4.18. The van der Waals surface area contributed by atoms with E-state index in [9.17, 15) is 4.79 Å². The number of aromatic nitrogens is 1. The van der Waals surface area contributed by atoms with Crippen LogP contribution < -0.4 is 5.73 Å². The first-order valence-electron chi connectivity index (χ1n) is 6.71. The van der Waals surface area contributed by atoms with Crippen LogP contribution in [0, 0.1) is 5.92 Å². The standard InChI is InChI=1S/C14H21N3O/c1-2-3-11-5-8-17(9-6-11)14(18)12-4-7-16-10-13(12)15/h4,7,10-11H,2-3,5-6,8-9,15H2,1H3. The number of nitrogen functional groups attached to an aromatic ring is 1. The lowest BCUT2D eigenvalue weighted by atomic mass is 9.92. The SMILES string of the molecule is CCCC1CCN(C(=O)c2ccncc2N)CC1. The van der Waals surface area contributed by atoms with Crippen LogP contribution in [0.5, 0.6) is 0 Å². The highest BCUT2D eigenvalue weighted by atomic mass is 16.2. The van der Waals surface area contributed by atoms with Gasteiger partial charge in [0.25, 0.3) is 5.91 Å². The monoisotopic (exact) mass is 247 g/mol. The first-order valence-corrected chi connectivity index (χ1v) is 6.71. The van der Waals surface area contributed by atoms with E-state index in [1.165, 1.54) is 19.0 Å². The zero-order valence-electron chi connectivity index (χ0n) is 10.9. The lowest BCUT2D eigenvalue weighted by molar-refractivity contribution is 0.0687. The minimum absolute atomic E-state index is 0.0462. The number of nitrogens with two attached hydrogens (primary N) is 1. The minimum Gasteiger partial charge on any atom is -0.397 e. The highest BCUT2D eigenvalue weighted by molar-refractivity contribution is 5.98. The van der Waals surface area contributed by atoms with Crippen molar-refractivity contribution in [1.82, 2.24) is 9.88 Å². The van der Waals surface area contributed by atoms with Gasteiger partial charge in [-0.25, -0.2) is 0 Å². The molecule has 2 N–H and O–H groups in total. The van der Waals surface area contributed by atoms with Gasteiger partial charge in [-0.3, -0.25) is 9.78 Å². The number of amides is 1. The molecule has 1 amide bonds. The lowest BCUT2D eigenvalue weighted by Gasteiger charge is -2.32. The van der Waals surface area contributed by atoms with E-state index in [0.29, 0.717) is 11.3 Å². The highest BCUT2D eigenvalue weighted by Gasteiger charge is 2.24. The van der Waals surface area contributed by atoms with Crippen LogP contribution in [-0.4, -0.2) is 28.9 Å². The van der Waals surface area contributed by atoms with Crippen molar-refractivity contribution >= 4 is 11.6 Å². The molecular weight excluding hydrogens is 226 g/mol. The molecule has 1 saturated heterocycles. The average molecular weight is 247 g/mol. The third-order valence-corrected chi connectivity index (χ3v) is 3.68. The highest BCUT2D eigenvalue weighted by Crippen LogP contribution is 2.23. The van der Waals surface area contributed by atoms with Crippen LogP contribution in [0.15, 0.2) is 18.5 Å². The number of hydrogen-bond acceptors (Lipinski definition) is 3. The normalized spacial score (nSPS) is 16.8.